The largest absolute Gasteiger partial charge is 0.313 e. The Hall–Kier alpha value is -2.40. The molecule has 1 N–H and O–H groups in total. The Kier molecular flexibility index (Phi) is 3.12. The summed E-state index contributed by atoms with van der Waals surface area (Å²) in [5.74, 6) is 0.137. The molecule has 0 radical (unpaired) electrons. The molecule has 0 spiro atoms. The van der Waals surface area contributed by atoms with Gasteiger partial charge in [0.25, 0.3) is 5.91 Å². The zero-order valence-electron chi connectivity index (χ0n) is 10.7. The fourth-order valence-corrected chi connectivity index (χ4v) is 2.19. The summed E-state index contributed by atoms with van der Waals surface area (Å²) in [4.78, 5) is 20.4. The van der Waals surface area contributed by atoms with E-state index < -0.39 is 0 Å². The van der Waals surface area contributed by atoms with Crippen LogP contribution >= 0.6 is 11.6 Å². The standard InChI is InChI=1S/C14H11ClN4O/c1-19-11-7-3-2-6-10(11)17-14(19)18-13(20)9-5-4-8-16-12(9)15/h2-8H,1H3,(H,17,18,20). The molecule has 20 heavy (non-hydrogen) atoms. The number of pyridine rings is 1. The summed E-state index contributed by atoms with van der Waals surface area (Å²) in [6.45, 7) is 0. The molecule has 0 unspecified atom stereocenters. The van der Waals surface area contributed by atoms with Gasteiger partial charge in [-0.2, -0.15) is 0 Å². The van der Waals surface area contributed by atoms with Crippen molar-refractivity contribution in [3.63, 3.8) is 0 Å². The number of carbonyl (C=O) groups is 1. The molecule has 1 amide bonds. The average molecular weight is 287 g/mol. The number of fused-ring (bicyclic) bond motifs is 1. The van der Waals surface area contributed by atoms with Gasteiger partial charge in [-0.15, -0.1) is 0 Å². The highest BCUT2D eigenvalue weighted by molar-refractivity contribution is 6.33. The van der Waals surface area contributed by atoms with E-state index in [1.54, 1.807) is 12.1 Å². The fraction of sp³-hybridized carbons (Fsp3) is 0.0714. The van der Waals surface area contributed by atoms with Gasteiger partial charge >= 0.3 is 0 Å². The highest BCUT2D eigenvalue weighted by Crippen LogP contribution is 2.19. The predicted molar refractivity (Wildman–Crippen MR) is 77.9 cm³/mol. The molecule has 5 nitrogen and oxygen atoms in total. The van der Waals surface area contributed by atoms with E-state index in [9.17, 15) is 4.79 Å². The van der Waals surface area contributed by atoms with Crippen LogP contribution in [0.2, 0.25) is 5.15 Å². The van der Waals surface area contributed by atoms with E-state index in [4.69, 9.17) is 11.6 Å². The van der Waals surface area contributed by atoms with Crippen molar-refractivity contribution in [1.82, 2.24) is 14.5 Å². The van der Waals surface area contributed by atoms with Crippen LogP contribution in [-0.4, -0.2) is 20.4 Å². The zero-order valence-corrected chi connectivity index (χ0v) is 11.4. The molecule has 0 fully saturated rings. The molecule has 3 aromatic rings. The Labute approximate surface area is 120 Å². The van der Waals surface area contributed by atoms with E-state index in [0.29, 0.717) is 11.5 Å². The van der Waals surface area contributed by atoms with E-state index in [0.717, 1.165) is 11.0 Å². The quantitative estimate of drug-likeness (QED) is 0.737. The first kappa shape index (κ1) is 12.6. The molecule has 2 heterocycles. The van der Waals surface area contributed by atoms with Crippen LogP contribution in [-0.2, 0) is 7.05 Å². The summed E-state index contributed by atoms with van der Waals surface area (Å²) in [6, 6.07) is 10.9. The number of rotatable bonds is 2. The van der Waals surface area contributed by atoms with Gasteiger partial charge in [0, 0.05) is 13.2 Å². The minimum Gasteiger partial charge on any atom is -0.313 e. The first-order chi connectivity index (χ1) is 9.66. The predicted octanol–water partition coefficient (Wildman–Crippen LogP) is 2.87. The van der Waals surface area contributed by atoms with Gasteiger partial charge in [-0.05, 0) is 24.3 Å². The lowest BCUT2D eigenvalue weighted by Gasteiger charge is -2.05. The van der Waals surface area contributed by atoms with Crippen molar-refractivity contribution in [3.05, 3.63) is 53.3 Å². The highest BCUT2D eigenvalue weighted by Gasteiger charge is 2.14. The maximum atomic E-state index is 12.2. The number of nitrogens with zero attached hydrogens (tertiary/aromatic N) is 3. The molecule has 0 saturated carbocycles. The van der Waals surface area contributed by atoms with E-state index in [1.807, 2.05) is 35.9 Å². The molecular formula is C14H11ClN4O. The molecule has 1 aromatic carbocycles. The third kappa shape index (κ3) is 2.12. The molecule has 0 aliphatic heterocycles. The average Bonchev–Trinajstić information content (AvgIpc) is 2.76. The van der Waals surface area contributed by atoms with Crippen LogP contribution in [0.4, 0.5) is 5.95 Å². The van der Waals surface area contributed by atoms with E-state index in [1.165, 1.54) is 6.20 Å². The number of nitrogens with one attached hydrogen (secondary N) is 1. The number of halogens is 1. The van der Waals surface area contributed by atoms with Crippen LogP contribution in [0.1, 0.15) is 10.4 Å². The maximum absolute atomic E-state index is 12.2. The molecule has 0 atom stereocenters. The molecule has 100 valence electrons. The molecule has 0 aliphatic carbocycles. The number of aromatic nitrogens is 3. The number of amides is 1. The lowest BCUT2D eigenvalue weighted by Crippen LogP contribution is -2.15. The van der Waals surface area contributed by atoms with Crippen molar-refractivity contribution in [2.24, 2.45) is 7.05 Å². The van der Waals surface area contributed by atoms with Gasteiger partial charge in [-0.1, -0.05) is 23.7 Å². The molecule has 0 bridgehead atoms. The number of hydrogen-bond donors (Lipinski definition) is 1. The molecule has 3 rings (SSSR count). The van der Waals surface area contributed by atoms with Gasteiger partial charge in [-0.25, -0.2) is 9.97 Å². The number of benzene rings is 1. The Bertz CT molecular complexity index is 797. The second-order valence-corrected chi connectivity index (χ2v) is 4.64. The van der Waals surface area contributed by atoms with Gasteiger partial charge in [0.2, 0.25) is 5.95 Å². The minimum atomic E-state index is -0.332. The van der Waals surface area contributed by atoms with E-state index in [-0.39, 0.29) is 11.1 Å². The van der Waals surface area contributed by atoms with Crippen LogP contribution in [0.25, 0.3) is 11.0 Å². The van der Waals surface area contributed by atoms with E-state index >= 15 is 0 Å². The number of hydrogen-bond acceptors (Lipinski definition) is 3. The van der Waals surface area contributed by atoms with Crippen molar-refractivity contribution in [1.29, 1.82) is 0 Å². The Balaban J connectivity index is 1.96. The van der Waals surface area contributed by atoms with Crippen LogP contribution in [0.3, 0.4) is 0 Å². The lowest BCUT2D eigenvalue weighted by atomic mass is 10.3. The summed E-state index contributed by atoms with van der Waals surface area (Å²) in [5.41, 5.74) is 2.09. The highest BCUT2D eigenvalue weighted by atomic mass is 35.5. The minimum absolute atomic E-state index is 0.170. The Morgan fingerprint density at radius 1 is 1.25 bits per heavy atom. The zero-order chi connectivity index (χ0) is 14.1. The Morgan fingerprint density at radius 2 is 2.05 bits per heavy atom. The first-order valence-electron chi connectivity index (χ1n) is 6.00. The smallest absolute Gasteiger partial charge is 0.261 e. The van der Waals surface area contributed by atoms with Gasteiger partial charge in [-0.3, -0.25) is 10.1 Å². The third-order valence-electron chi connectivity index (χ3n) is 3.02. The number of anilines is 1. The topological polar surface area (TPSA) is 59.8 Å². The van der Waals surface area contributed by atoms with Crippen molar-refractivity contribution in [3.8, 4) is 0 Å². The Morgan fingerprint density at radius 3 is 2.80 bits per heavy atom. The van der Waals surface area contributed by atoms with Gasteiger partial charge in [0.15, 0.2) is 0 Å². The summed E-state index contributed by atoms with van der Waals surface area (Å²) in [7, 11) is 1.84. The van der Waals surface area contributed by atoms with Gasteiger partial charge < -0.3 is 4.57 Å². The van der Waals surface area contributed by atoms with Crippen molar-refractivity contribution >= 4 is 34.5 Å². The molecule has 2 aromatic heterocycles. The SMILES string of the molecule is Cn1c(NC(=O)c2cccnc2Cl)nc2ccccc21. The molecule has 6 heteroatoms. The van der Waals surface area contributed by atoms with E-state index in [2.05, 4.69) is 15.3 Å². The molecule has 0 aliphatic rings. The lowest BCUT2D eigenvalue weighted by molar-refractivity contribution is 0.102. The number of carbonyl (C=O) groups excluding carboxylic acids is 1. The van der Waals surface area contributed by atoms with Gasteiger partial charge in [0.05, 0.1) is 16.6 Å². The second kappa shape index (κ2) is 4.94. The third-order valence-corrected chi connectivity index (χ3v) is 3.32. The van der Waals surface area contributed by atoms with Crippen LogP contribution in [0.5, 0.6) is 0 Å². The summed E-state index contributed by atoms with van der Waals surface area (Å²) in [5, 5.41) is 2.92. The van der Waals surface area contributed by atoms with Crippen molar-refractivity contribution < 1.29 is 4.79 Å². The second-order valence-electron chi connectivity index (χ2n) is 4.28. The number of imidazole rings is 1. The molecular weight excluding hydrogens is 276 g/mol. The van der Waals surface area contributed by atoms with Crippen LogP contribution in [0, 0.1) is 0 Å². The number of aryl methyl sites for hydroxylation is 1. The normalized spacial score (nSPS) is 10.7. The van der Waals surface area contributed by atoms with Crippen LogP contribution in [0.15, 0.2) is 42.6 Å². The number of para-hydroxylation sites is 2. The summed E-state index contributed by atoms with van der Waals surface area (Å²) < 4.78 is 1.82. The van der Waals surface area contributed by atoms with Crippen molar-refractivity contribution in [2.45, 2.75) is 0 Å². The fourth-order valence-electron chi connectivity index (χ4n) is 1.98. The van der Waals surface area contributed by atoms with Crippen LogP contribution < -0.4 is 5.32 Å². The maximum Gasteiger partial charge on any atom is 0.261 e. The van der Waals surface area contributed by atoms with Gasteiger partial charge in [0.1, 0.15) is 5.15 Å². The van der Waals surface area contributed by atoms with Crippen molar-refractivity contribution in [2.75, 3.05) is 5.32 Å². The first-order valence-corrected chi connectivity index (χ1v) is 6.38. The molecule has 0 saturated heterocycles. The monoisotopic (exact) mass is 286 g/mol. The summed E-state index contributed by atoms with van der Waals surface area (Å²) in [6.07, 6.45) is 1.54. The summed E-state index contributed by atoms with van der Waals surface area (Å²) >= 11 is 5.90.